The minimum absolute atomic E-state index is 0.0390. The molecule has 0 aliphatic rings. The fraction of sp³-hybridized carbons (Fsp3) is 0. The van der Waals surface area contributed by atoms with E-state index in [2.05, 4.69) is 34.2 Å². The number of non-ortho nitro benzene ring substituents is 1. The van der Waals surface area contributed by atoms with Gasteiger partial charge in [0.25, 0.3) is 5.69 Å². The highest BCUT2D eigenvalue weighted by atomic mass is 32.1. The first kappa shape index (κ1) is 17.3. The fourth-order valence-corrected chi connectivity index (χ4v) is 3.79. The Morgan fingerprint density at radius 2 is 1.79 bits per heavy atom. The van der Waals surface area contributed by atoms with E-state index in [0.717, 1.165) is 33.2 Å². The lowest BCUT2D eigenvalue weighted by Crippen LogP contribution is -1.93. The molecule has 7 heteroatoms. The van der Waals surface area contributed by atoms with Gasteiger partial charge in [0.15, 0.2) is 0 Å². The molecule has 2 aromatic heterocycles. The van der Waals surface area contributed by atoms with Crippen molar-refractivity contribution in [1.29, 1.82) is 0 Å². The van der Waals surface area contributed by atoms with Crippen LogP contribution < -0.4 is 0 Å². The van der Waals surface area contributed by atoms with Crippen LogP contribution in [0.3, 0.4) is 0 Å². The SMILES string of the molecule is O=[N+]([O-])c1cccc(-c2cn3c(=S)ncc(-c4cccc5ccccc45)c3[nH]2)c1. The highest BCUT2D eigenvalue weighted by Crippen LogP contribution is 2.32. The number of rotatable bonds is 3. The molecular formula is C22H14N4O2S. The van der Waals surface area contributed by atoms with Gasteiger partial charge in [-0.3, -0.25) is 14.5 Å². The summed E-state index contributed by atoms with van der Waals surface area (Å²) in [6.07, 6.45) is 3.60. The molecule has 2 heterocycles. The Morgan fingerprint density at radius 1 is 1.00 bits per heavy atom. The lowest BCUT2D eigenvalue weighted by molar-refractivity contribution is -0.384. The molecule has 0 atom stereocenters. The largest absolute Gasteiger partial charge is 0.339 e. The number of fused-ring (bicyclic) bond motifs is 2. The summed E-state index contributed by atoms with van der Waals surface area (Å²) in [6, 6.07) is 20.8. The van der Waals surface area contributed by atoms with Gasteiger partial charge in [-0.25, -0.2) is 4.98 Å². The standard InChI is InChI=1S/C22H14N4O2S/c27-26(28)16-8-3-7-15(11-16)20-13-25-21(24-20)19(12-23-22(25)29)18-10-4-6-14-5-1-2-9-17(14)18/h1-13,24H. The molecule has 0 fully saturated rings. The van der Waals surface area contributed by atoms with E-state index >= 15 is 0 Å². The van der Waals surface area contributed by atoms with Crippen LogP contribution in [0.2, 0.25) is 0 Å². The average Bonchev–Trinajstić information content (AvgIpc) is 3.20. The maximum atomic E-state index is 11.1. The molecule has 5 aromatic rings. The number of aromatic amines is 1. The van der Waals surface area contributed by atoms with Crippen molar-refractivity contribution >= 4 is 34.3 Å². The molecule has 29 heavy (non-hydrogen) atoms. The number of nitrogens with one attached hydrogen (secondary N) is 1. The first-order valence-electron chi connectivity index (χ1n) is 8.95. The minimum Gasteiger partial charge on any atom is -0.339 e. The molecule has 0 amide bonds. The summed E-state index contributed by atoms with van der Waals surface area (Å²) in [4.78, 5) is 18.5. The Labute approximate surface area is 170 Å². The number of hydrogen-bond acceptors (Lipinski definition) is 4. The van der Waals surface area contributed by atoms with Crippen molar-refractivity contribution in [2.45, 2.75) is 0 Å². The lowest BCUT2D eigenvalue weighted by Gasteiger charge is -2.08. The number of benzene rings is 3. The summed E-state index contributed by atoms with van der Waals surface area (Å²) in [5.41, 5.74) is 4.22. The van der Waals surface area contributed by atoms with E-state index in [1.54, 1.807) is 22.7 Å². The minimum atomic E-state index is -0.402. The van der Waals surface area contributed by atoms with Gasteiger partial charge < -0.3 is 4.98 Å². The van der Waals surface area contributed by atoms with Gasteiger partial charge in [-0.05, 0) is 28.6 Å². The number of imidazole rings is 1. The Hall–Kier alpha value is -3.84. The molecule has 0 saturated heterocycles. The van der Waals surface area contributed by atoms with E-state index in [-0.39, 0.29) is 5.69 Å². The number of H-pyrrole nitrogens is 1. The van der Waals surface area contributed by atoms with E-state index in [9.17, 15) is 10.1 Å². The smallest absolute Gasteiger partial charge is 0.270 e. The molecule has 140 valence electrons. The second-order valence-electron chi connectivity index (χ2n) is 6.67. The summed E-state index contributed by atoms with van der Waals surface area (Å²) in [5, 5.41) is 13.4. The quantitative estimate of drug-likeness (QED) is 0.237. The predicted octanol–water partition coefficient (Wildman–Crippen LogP) is 5.79. The van der Waals surface area contributed by atoms with Crippen molar-refractivity contribution < 1.29 is 4.92 Å². The first-order valence-corrected chi connectivity index (χ1v) is 9.36. The molecular weight excluding hydrogens is 384 g/mol. The van der Waals surface area contributed by atoms with Crippen LogP contribution in [0.25, 0.3) is 38.8 Å². The van der Waals surface area contributed by atoms with Gasteiger partial charge in [0, 0.05) is 35.7 Å². The van der Waals surface area contributed by atoms with Crippen LogP contribution in [0, 0.1) is 14.9 Å². The zero-order valence-corrected chi connectivity index (χ0v) is 15.9. The molecule has 0 saturated carbocycles. The first-order chi connectivity index (χ1) is 14.1. The molecule has 0 spiro atoms. The van der Waals surface area contributed by atoms with Crippen LogP contribution in [-0.4, -0.2) is 19.3 Å². The van der Waals surface area contributed by atoms with Crippen LogP contribution in [0.5, 0.6) is 0 Å². The molecule has 0 aliphatic carbocycles. The number of nitro benzene ring substituents is 1. The average molecular weight is 398 g/mol. The molecule has 0 aliphatic heterocycles. The normalized spacial score (nSPS) is 11.2. The van der Waals surface area contributed by atoms with Gasteiger partial charge in [0.1, 0.15) is 5.65 Å². The number of nitro groups is 1. The molecule has 0 radical (unpaired) electrons. The van der Waals surface area contributed by atoms with E-state index in [4.69, 9.17) is 12.2 Å². The summed E-state index contributed by atoms with van der Waals surface area (Å²) in [7, 11) is 0. The van der Waals surface area contributed by atoms with Crippen molar-refractivity contribution in [2.24, 2.45) is 0 Å². The molecule has 3 aromatic carbocycles. The predicted molar refractivity (Wildman–Crippen MR) is 115 cm³/mol. The van der Waals surface area contributed by atoms with Crippen LogP contribution in [0.15, 0.2) is 79.1 Å². The second kappa shape index (κ2) is 6.65. The Balaban J connectivity index is 1.77. The Kier molecular flexibility index (Phi) is 3.96. The molecule has 1 N–H and O–H groups in total. The van der Waals surface area contributed by atoms with Gasteiger partial charge in [-0.2, -0.15) is 0 Å². The summed E-state index contributed by atoms with van der Waals surface area (Å²) in [5.74, 6) is 0. The zero-order chi connectivity index (χ0) is 20.0. The number of nitrogens with zero attached hydrogens (tertiary/aromatic N) is 3. The zero-order valence-electron chi connectivity index (χ0n) is 15.1. The van der Waals surface area contributed by atoms with E-state index in [1.807, 2.05) is 30.5 Å². The van der Waals surface area contributed by atoms with Gasteiger partial charge in [0.05, 0.1) is 10.6 Å². The van der Waals surface area contributed by atoms with Crippen molar-refractivity contribution in [2.75, 3.05) is 0 Å². The van der Waals surface area contributed by atoms with Gasteiger partial charge in [-0.1, -0.05) is 54.6 Å². The monoisotopic (exact) mass is 398 g/mol. The van der Waals surface area contributed by atoms with Crippen molar-refractivity contribution in [1.82, 2.24) is 14.4 Å². The summed E-state index contributed by atoms with van der Waals surface area (Å²) >= 11 is 5.41. The van der Waals surface area contributed by atoms with E-state index in [0.29, 0.717) is 10.3 Å². The second-order valence-corrected chi connectivity index (χ2v) is 7.04. The fourth-order valence-electron chi connectivity index (χ4n) is 3.60. The third-order valence-corrected chi connectivity index (χ3v) is 5.27. The maximum Gasteiger partial charge on any atom is 0.270 e. The highest BCUT2D eigenvalue weighted by molar-refractivity contribution is 7.71. The Morgan fingerprint density at radius 3 is 2.66 bits per heavy atom. The summed E-state index contributed by atoms with van der Waals surface area (Å²) in [6.45, 7) is 0. The summed E-state index contributed by atoms with van der Waals surface area (Å²) < 4.78 is 2.22. The molecule has 0 bridgehead atoms. The third kappa shape index (κ3) is 2.88. The van der Waals surface area contributed by atoms with Crippen LogP contribution in [0.1, 0.15) is 0 Å². The van der Waals surface area contributed by atoms with Crippen molar-refractivity contribution in [3.8, 4) is 22.4 Å². The van der Waals surface area contributed by atoms with E-state index in [1.165, 1.54) is 6.07 Å². The van der Waals surface area contributed by atoms with E-state index < -0.39 is 4.92 Å². The highest BCUT2D eigenvalue weighted by Gasteiger charge is 2.14. The molecule has 5 rings (SSSR count). The van der Waals surface area contributed by atoms with Gasteiger partial charge in [-0.15, -0.1) is 0 Å². The topological polar surface area (TPSA) is 76.2 Å². The maximum absolute atomic E-state index is 11.1. The van der Waals surface area contributed by atoms with Gasteiger partial charge >= 0.3 is 0 Å². The molecule has 6 nitrogen and oxygen atoms in total. The Bertz CT molecular complexity index is 1460. The van der Waals surface area contributed by atoms with Crippen LogP contribution in [0.4, 0.5) is 5.69 Å². The van der Waals surface area contributed by atoms with Crippen molar-refractivity contribution in [3.63, 3.8) is 0 Å². The number of aromatic nitrogens is 3. The van der Waals surface area contributed by atoms with Gasteiger partial charge in [0.2, 0.25) is 4.77 Å². The lowest BCUT2D eigenvalue weighted by atomic mass is 10.00. The van der Waals surface area contributed by atoms with Crippen LogP contribution in [-0.2, 0) is 0 Å². The molecule has 0 unspecified atom stereocenters. The number of hydrogen-bond donors (Lipinski definition) is 1. The van der Waals surface area contributed by atoms with Crippen molar-refractivity contribution in [3.05, 3.63) is 94.0 Å². The third-order valence-electron chi connectivity index (χ3n) is 4.97. The van der Waals surface area contributed by atoms with Crippen LogP contribution >= 0.6 is 12.2 Å².